The van der Waals surface area contributed by atoms with Crippen LogP contribution in [0.15, 0.2) is 0 Å². The van der Waals surface area contributed by atoms with Crippen LogP contribution in [0.4, 0.5) is 4.79 Å². The molecule has 4 nitrogen and oxygen atoms in total. The molecule has 0 aromatic carbocycles. The molecule has 84 valence electrons. The van der Waals surface area contributed by atoms with Crippen molar-refractivity contribution in [3.05, 3.63) is 0 Å². The fourth-order valence-electron chi connectivity index (χ4n) is 1.74. The summed E-state index contributed by atoms with van der Waals surface area (Å²) in [4.78, 5) is 15.3. The molecule has 2 amide bonds. The van der Waals surface area contributed by atoms with Crippen LogP contribution in [-0.2, 0) is 0 Å². The normalized spacial score (nSPS) is 26.7. The minimum absolute atomic E-state index is 0. The lowest BCUT2D eigenvalue weighted by Gasteiger charge is -2.40. The Morgan fingerprint density at radius 3 is 2.07 bits per heavy atom. The summed E-state index contributed by atoms with van der Waals surface area (Å²) < 4.78 is 0. The first kappa shape index (κ1) is 13.5. The standard InChI is InChI=1S/C9H19N3O.ClH/c1-7-5-10-6-8(2)12(7)9(13)11(3)4;/h7-8,10H,5-6H2,1-4H3;1H/t7-,8-;/m0./s1. The average Bonchev–Trinajstić information content (AvgIpc) is 2.03. The van der Waals surface area contributed by atoms with E-state index in [2.05, 4.69) is 19.2 Å². The molecule has 0 bridgehead atoms. The number of hydrogen-bond donors (Lipinski definition) is 1. The van der Waals surface area contributed by atoms with Gasteiger partial charge in [0, 0.05) is 39.3 Å². The van der Waals surface area contributed by atoms with E-state index in [0.29, 0.717) is 12.1 Å². The Kier molecular flexibility index (Phi) is 5.23. The third-order valence-electron chi connectivity index (χ3n) is 2.43. The predicted molar refractivity (Wildman–Crippen MR) is 60.0 cm³/mol. The van der Waals surface area contributed by atoms with Gasteiger partial charge in [-0.05, 0) is 13.8 Å². The lowest BCUT2D eigenvalue weighted by atomic mass is 10.1. The van der Waals surface area contributed by atoms with E-state index >= 15 is 0 Å². The number of nitrogens with zero attached hydrogens (tertiary/aromatic N) is 2. The summed E-state index contributed by atoms with van der Waals surface area (Å²) in [6.45, 7) is 5.93. The van der Waals surface area contributed by atoms with Crippen molar-refractivity contribution in [2.45, 2.75) is 25.9 Å². The third-order valence-corrected chi connectivity index (χ3v) is 2.43. The van der Waals surface area contributed by atoms with Gasteiger partial charge in [-0.15, -0.1) is 12.4 Å². The van der Waals surface area contributed by atoms with Gasteiger partial charge in [0.05, 0.1) is 0 Å². The fourth-order valence-corrected chi connectivity index (χ4v) is 1.74. The van der Waals surface area contributed by atoms with Crippen LogP contribution in [0.1, 0.15) is 13.8 Å². The van der Waals surface area contributed by atoms with E-state index in [1.807, 2.05) is 4.90 Å². The van der Waals surface area contributed by atoms with Crippen molar-refractivity contribution >= 4 is 18.4 Å². The molecule has 14 heavy (non-hydrogen) atoms. The highest BCUT2D eigenvalue weighted by Crippen LogP contribution is 2.11. The second kappa shape index (κ2) is 5.41. The van der Waals surface area contributed by atoms with Crippen LogP contribution in [0.3, 0.4) is 0 Å². The summed E-state index contributed by atoms with van der Waals surface area (Å²) in [5.41, 5.74) is 0. The highest BCUT2D eigenvalue weighted by atomic mass is 35.5. The number of halogens is 1. The van der Waals surface area contributed by atoms with Crippen LogP contribution in [0, 0.1) is 0 Å². The van der Waals surface area contributed by atoms with Gasteiger partial charge in [0.25, 0.3) is 0 Å². The largest absolute Gasteiger partial charge is 0.331 e. The number of carbonyl (C=O) groups is 1. The zero-order chi connectivity index (χ0) is 10.0. The van der Waals surface area contributed by atoms with Gasteiger partial charge in [-0.2, -0.15) is 0 Å². The number of nitrogens with one attached hydrogen (secondary N) is 1. The maximum absolute atomic E-state index is 11.7. The zero-order valence-corrected chi connectivity index (χ0v) is 10.1. The molecule has 1 rings (SSSR count). The minimum atomic E-state index is 0. The summed E-state index contributed by atoms with van der Waals surface area (Å²) in [6.07, 6.45) is 0. The van der Waals surface area contributed by atoms with Crippen molar-refractivity contribution in [3.63, 3.8) is 0 Å². The van der Waals surface area contributed by atoms with Crippen molar-refractivity contribution in [3.8, 4) is 0 Å². The Balaban J connectivity index is 0.00000169. The maximum atomic E-state index is 11.7. The van der Waals surface area contributed by atoms with Crippen LogP contribution in [-0.4, -0.2) is 55.1 Å². The number of piperazine rings is 1. The lowest BCUT2D eigenvalue weighted by molar-refractivity contribution is 0.112. The maximum Gasteiger partial charge on any atom is 0.320 e. The second-order valence-corrected chi connectivity index (χ2v) is 3.94. The Morgan fingerprint density at radius 1 is 1.29 bits per heavy atom. The molecular formula is C9H20ClN3O. The van der Waals surface area contributed by atoms with E-state index in [0.717, 1.165) is 13.1 Å². The average molecular weight is 222 g/mol. The summed E-state index contributed by atoms with van der Waals surface area (Å²) >= 11 is 0. The minimum Gasteiger partial charge on any atom is -0.331 e. The fraction of sp³-hybridized carbons (Fsp3) is 0.889. The van der Waals surface area contributed by atoms with Gasteiger partial charge in [0.1, 0.15) is 0 Å². The van der Waals surface area contributed by atoms with Crippen LogP contribution in [0.5, 0.6) is 0 Å². The molecule has 1 saturated heterocycles. The number of amides is 2. The van der Waals surface area contributed by atoms with Gasteiger partial charge < -0.3 is 15.1 Å². The predicted octanol–water partition coefficient (Wildman–Crippen LogP) is 0.772. The monoisotopic (exact) mass is 221 g/mol. The molecule has 1 N–H and O–H groups in total. The van der Waals surface area contributed by atoms with Gasteiger partial charge in [-0.3, -0.25) is 0 Å². The van der Waals surface area contributed by atoms with Crippen LogP contribution >= 0.6 is 12.4 Å². The van der Waals surface area contributed by atoms with Crippen molar-refractivity contribution in [2.75, 3.05) is 27.2 Å². The lowest BCUT2D eigenvalue weighted by Crippen LogP contribution is -2.59. The number of urea groups is 1. The molecule has 0 saturated carbocycles. The Labute approximate surface area is 92.0 Å². The topological polar surface area (TPSA) is 35.6 Å². The highest BCUT2D eigenvalue weighted by molar-refractivity contribution is 5.85. The molecule has 0 spiro atoms. The molecule has 0 aromatic heterocycles. The first-order valence-electron chi connectivity index (χ1n) is 4.74. The van der Waals surface area contributed by atoms with E-state index in [4.69, 9.17) is 0 Å². The van der Waals surface area contributed by atoms with E-state index in [1.54, 1.807) is 19.0 Å². The van der Waals surface area contributed by atoms with Gasteiger partial charge in [0.15, 0.2) is 0 Å². The van der Waals surface area contributed by atoms with E-state index in [9.17, 15) is 4.79 Å². The van der Waals surface area contributed by atoms with Gasteiger partial charge in [0.2, 0.25) is 0 Å². The van der Waals surface area contributed by atoms with E-state index < -0.39 is 0 Å². The van der Waals surface area contributed by atoms with Gasteiger partial charge >= 0.3 is 6.03 Å². The number of carbonyl (C=O) groups excluding carboxylic acids is 1. The van der Waals surface area contributed by atoms with Crippen LogP contribution < -0.4 is 5.32 Å². The highest BCUT2D eigenvalue weighted by Gasteiger charge is 2.29. The van der Waals surface area contributed by atoms with Crippen molar-refractivity contribution in [2.24, 2.45) is 0 Å². The third kappa shape index (κ3) is 2.75. The summed E-state index contributed by atoms with van der Waals surface area (Å²) in [5, 5.41) is 3.30. The van der Waals surface area contributed by atoms with E-state index in [-0.39, 0.29) is 18.4 Å². The Bertz CT molecular complexity index is 188. The molecule has 1 fully saturated rings. The van der Waals surface area contributed by atoms with Crippen molar-refractivity contribution in [1.82, 2.24) is 15.1 Å². The Hall–Kier alpha value is -0.480. The zero-order valence-electron chi connectivity index (χ0n) is 9.28. The smallest absolute Gasteiger partial charge is 0.320 e. The molecular weight excluding hydrogens is 202 g/mol. The number of rotatable bonds is 0. The molecule has 1 aliphatic rings. The summed E-state index contributed by atoms with van der Waals surface area (Å²) in [5.74, 6) is 0. The van der Waals surface area contributed by atoms with Crippen molar-refractivity contribution < 1.29 is 4.79 Å². The SMILES string of the molecule is C[C@H]1CNC[C@H](C)N1C(=O)N(C)C.Cl. The molecule has 1 heterocycles. The molecule has 0 aromatic rings. The molecule has 1 aliphatic heterocycles. The van der Waals surface area contributed by atoms with Gasteiger partial charge in [-0.1, -0.05) is 0 Å². The van der Waals surface area contributed by atoms with Crippen LogP contribution in [0.2, 0.25) is 0 Å². The quantitative estimate of drug-likeness (QED) is 0.656. The van der Waals surface area contributed by atoms with Crippen molar-refractivity contribution in [1.29, 1.82) is 0 Å². The second-order valence-electron chi connectivity index (χ2n) is 3.94. The molecule has 0 radical (unpaired) electrons. The molecule has 0 unspecified atom stereocenters. The molecule has 0 aliphatic carbocycles. The van der Waals surface area contributed by atoms with E-state index in [1.165, 1.54) is 0 Å². The first-order valence-corrected chi connectivity index (χ1v) is 4.74. The Morgan fingerprint density at radius 2 is 1.71 bits per heavy atom. The summed E-state index contributed by atoms with van der Waals surface area (Å²) in [6, 6.07) is 0.693. The van der Waals surface area contributed by atoms with Crippen LogP contribution in [0.25, 0.3) is 0 Å². The number of hydrogen-bond acceptors (Lipinski definition) is 2. The molecule has 5 heteroatoms. The summed E-state index contributed by atoms with van der Waals surface area (Å²) in [7, 11) is 3.59. The first-order chi connectivity index (χ1) is 6.04. The molecule has 2 atom stereocenters. The van der Waals surface area contributed by atoms with Gasteiger partial charge in [-0.25, -0.2) is 4.79 Å².